The Hall–Kier alpha value is -1.26. The Labute approximate surface area is 148 Å². The van der Waals surface area contributed by atoms with Crippen LogP contribution in [0.1, 0.15) is 84.5 Å². The van der Waals surface area contributed by atoms with Crippen LogP contribution in [0.25, 0.3) is 0 Å². The molecule has 0 spiro atoms. The van der Waals surface area contributed by atoms with Crippen LogP contribution in [-0.2, 0) is 14.3 Å². The fraction of sp³-hybridized carbons (Fsp3) is 0.895. The first-order valence-electron chi connectivity index (χ1n) is 9.65. The zero-order valence-electron chi connectivity index (χ0n) is 16.0. The van der Waals surface area contributed by atoms with E-state index in [9.17, 15) is 9.59 Å². The van der Waals surface area contributed by atoms with Gasteiger partial charge < -0.3 is 14.4 Å². The number of carbonyl (C=O) groups excluding carboxylic acids is 2. The number of rotatable bonds is 15. The number of nitrogens with zero attached hydrogens (tertiary/aromatic N) is 1. The van der Waals surface area contributed by atoms with Crippen molar-refractivity contribution in [3.63, 3.8) is 0 Å². The van der Waals surface area contributed by atoms with Gasteiger partial charge in [0.1, 0.15) is 6.54 Å². The minimum Gasteiger partial charge on any atom is -0.464 e. The van der Waals surface area contributed by atoms with Gasteiger partial charge >= 0.3 is 12.1 Å². The van der Waals surface area contributed by atoms with E-state index in [2.05, 4.69) is 6.92 Å². The van der Waals surface area contributed by atoms with Crippen LogP contribution >= 0.6 is 0 Å². The molecule has 0 saturated carbocycles. The summed E-state index contributed by atoms with van der Waals surface area (Å²) in [6.45, 7) is 4.92. The fourth-order valence-corrected chi connectivity index (χ4v) is 2.38. The molecule has 0 fully saturated rings. The molecule has 0 aromatic heterocycles. The molecule has 0 aromatic rings. The Morgan fingerprint density at radius 2 is 1.25 bits per heavy atom. The number of ether oxygens (including phenoxy) is 2. The highest BCUT2D eigenvalue weighted by Gasteiger charge is 2.14. The zero-order valence-corrected chi connectivity index (χ0v) is 16.0. The Morgan fingerprint density at radius 1 is 0.708 bits per heavy atom. The van der Waals surface area contributed by atoms with Gasteiger partial charge in [0.15, 0.2) is 0 Å². The molecule has 24 heavy (non-hydrogen) atoms. The van der Waals surface area contributed by atoms with Gasteiger partial charge in [-0.1, -0.05) is 71.6 Å². The Balaban J connectivity index is 3.41. The predicted octanol–water partition coefficient (Wildman–Crippen LogP) is 4.93. The number of unbranched alkanes of at least 4 members (excludes halogenated alkanes) is 9. The summed E-state index contributed by atoms with van der Waals surface area (Å²) in [7, 11) is 1.54. The van der Waals surface area contributed by atoms with Gasteiger partial charge in [-0.2, -0.15) is 0 Å². The lowest BCUT2D eigenvalue weighted by molar-refractivity contribution is -0.144. The summed E-state index contributed by atoms with van der Waals surface area (Å²) in [5.74, 6) is -0.373. The van der Waals surface area contributed by atoms with Crippen molar-refractivity contribution >= 4 is 12.1 Å². The summed E-state index contributed by atoms with van der Waals surface area (Å²) in [6.07, 6.45) is 12.8. The van der Waals surface area contributed by atoms with Gasteiger partial charge in [0.2, 0.25) is 0 Å². The van der Waals surface area contributed by atoms with E-state index >= 15 is 0 Å². The van der Waals surface area contributed by atoms with Crippen molar-refractivity contribution in [1.29, 1.82) is 0 Å². The maximum absolute atomic E-state index is 11.6. The molecule has 5 nitrogen and oxygen atoms in total. The SMILES string of the molecule is CCCCCCCCCCCCOC(=O)CN(C)C(=O)OCCC. The Morgan fingerprint density at radius 3 is 1.79 bits per heavy atom. The number of esters is 1. The maximum Gasteiger partial charge on any atom is 0.410 e. The highest BCUT2D eigenvalue weighted by molar-refractivity contribution is 5.77. The summed E-state index contributed by atoms with van der Waals surface area (Å²) in [6, 6.07) is 0. The molecule has 0 radical (unpaired) electrons. The molecule has 0 bridgehead atoms. The van der Waals surface area contributed by atoms with Gasteiger partial charge in [-0.3, -0.25) is 4.79 Å². The topological polar surface area (TPSA) is 55.8 Å². The third-order valence-corrected chi connectivity index (χ3v) is 3.87. The van der Waals surface area contributed by atoms with Crippen LogP contribution in [0.2, 0.25) is 0 Å². The van der Waals surface area contributed by atoms with E-state index in [4.69, 9.17) is 9.47 Å². The monoisotopic (exact) mass is 343 g/mol. The molecular formula is C19H37NO4. The second-order valence-corrected chi connectivity index (χ2v) is 6.37. The van der Waals surface area contributed by atoms with Gasteiger partial charge in [-0.25, -0.2) is 4.79 Å². The predicted molar refractivity (Wildman–Crippen MR) is 97.1 cm³/mol. The molecule has 0 N–H and O–H groups in total. The average Bonchev–Trinajstić information content (AvgIpc) is 2.57. The van der Waals surface area contributed by atoms with Gasteiger partial charge in [0.05, 0.1) is 13.2 Å². The quantitative estimate of drug-likeness (QED) is 0.312. The van der Waals surface area contributed by atoms with Gasteiger partial charge in [-0.15, -0.1) is 0 Å². The maximum atomic E-state index is 11.6. The second kappa shape index (κ2) is 16.6. The molecule has 0 saturated heterocycles. The zero-order chi connectivity index (χ0) is 18.0. The van der Waals surface area contributed by atoms with Crippen molar-refractivity contribution in [3.05, 3.63) is 0 Å². The summed E-state index contributed by atoms with van der Waals surface area (Å²) in [4.78, 5) is 24.4. The van der Waals surface area contributed by atoms with E-state index in [1.165, 1.54) is 56.3 Å². The molecule has 1 amide bonds. The lowest BCUT2D eigenvalue weighted by atomic mass is 10.1. The lowest BCUT2D eigenvalue weighted by Gasteiger charge is -2.15. The first kappa shape index (κ1) is 22.7. The van der Waals surface area contributed by atoms with E-state index in [-0.39, 0.29) is 12.5 Å². The number of hydrogen-bond donors (Lipinski definition) is 0. The Bertz CT molecular complexity index is 320. The van der Waals surface area contributed by atoms with E-state index in [0.717, 1.165) is 19.3 Å². The van der Waals surface area contributed by atoms with Crippen LogP contribution in [0.15, 0.2) is 0 Å². The first-order chi connectivity index (χ1) is 11.6. The smallest absolute Gasteiger partial charge is 0.410 e. The van der Waals surface area contributed by atoms with Crippen molar-refractivity contribution in [2.75, 3.05) is 26.8 Å². The van der Waals surface area contributed by atoms with Crippen molar-refractivity contribution in [1.82, 2.24) is 4.90 Å². The molecule has 0 rings (SSSR count). The molecule has 5 heteroatoms. The van der Waals surface area contributed by atoms with Crippen LogP contribution in [0.4, 0.5) is 4.79 Å². The summed E-state index contributed by atoms with van der Waals surface area (Å²) in [5, 5.41) is 0. The van der Waals surface area contributed by atoms with Gasteiger partial charge in [-0.05, 0) is 12.8 Å². The molecular weight excluding hydrogens is 306 g/mol. The number of likely N-dealkylation sites (N-methyl/N-ethyl adjacent to an activating group) is 1. The average molecular weight is 344 g/mol. The molecule has 0 unspecified atom stereocenters. The third-order valence-electron chi connectivity index (χ3n) is 3.87. The van der Waals surface area contributed by atoms with Crippen molar-refractivity contribution in [2.24, 2.45) is 0 Å². The highest BCUT2D eigenvalue weighted by Crippen LogP contribution is 2.10. The van der Waals surface area contributed by atoms with Gasteiger partial charge in [0.25, 0.3) is 0 Å². The molecule has 0 aliphatic rings. The second-order valence-electron chi connectivity index (χ2n) is 6.37. The van der Waals surface area contributed by atoms with Crippen LogP contribution < -0.4 is 0 Å². The molecule has 0 heterocycles. The number of carbonyl (C=O) groups is 2. The standard InChI is InChI=1S/C19H37NO4/c1-4-6-7-8-9-10-11-12-13-14-16-23-18(21)17-20(3)19(22)24-15-5-2/h4-17H2,1-3H3. The fourth-order valence-electron chi connectivity index (χ4n) is 2.38. The minimum absolute atomic E-state index is 0.0553. The van der Waals surface area contributed by atoms with E-state index in [1.54, 1.807) is 7.05 Å². The largest absolute Gasteiger partial charge is 0.464 e. The molecule has 0 aliphatic heterocycles. The normalized spacial score (nSPS) is 10.5. The van der Waals surface area contributed by atoms with Crippen LogP contribution in [-0.4, -0.2) is 43.8 Å². The Kier molecular flexibility index (Phi) is 15.7. The van der Waals surface area contributed by atoms with Crippen molar-refractivity contribution in [3.8, 4) is 0 Å². The minimum atomic E-state index is -0.479. The summed E-state index contributed by atoms with van der Waals surface area (Å²) < 4.78 is 10.1. The molecule has 0 aromatic carbocycles. The molecule has 0 atom stereocenters. The third kappa shape index (κ3) is 14.3. The van der Waals surface area contributed by atoms with E-state index < -0.39 is 6.09 Å². The number of amides is 1. The molecule has 142 valence electrons. The lowest BCUT2D eigenvalue weighted by Crippen LogP contribution is -2.33. The van der Waals surface area contributed by atoms with Crippen molar-refractivity contribution < 1.29 is 19.1 Å². The number of hydrogen-bond acceptors (Lipinski definition) is 4. The van der Waals surface area contributed by atoms with Crippen LogP contribution in [0, 0.1) is 0 Å². The van der Waals surface area contributed by atoms with Crippen LogP contribution in [0.3, 0.4) is 0 Å². The van der Waals surface area contributed by atoms with Gasteiger partial charge in [0, 0.05) is 7.05 Å². The van der Waals surface area contributed by atoms with E-state index in [1.807, 2.05) is 6.92 Å². The first-order valence-corrected chi connectivity index (χ1v) is 9.65. The highest BCUT2D eigenvalue weighted by atomic mass is 16.6. The van der Waals surface area contributed by atoms with Crippen LogP contribution in [0.5, 0.6) is 0 Å². The van der Waals surface area contributed by atoms with E-state index in [0.29, 0.717) is 13.2 Å². The van der Waals surface area contributed by atoms with Crippen molar-refractivity contribution in [2.45, 2.75) is 84.5 Å². The summed E-state index contributed by atoms with van der Waals surface area (Å²) in [5.41, 5.74) is 0. The molecule has 0 aliphatic carbocycles. The summed E-state index contributed by atoms with van der Waals surface area (Å²) >= 11 is 0.